The number of anilines is 3. The molecule has 7 heteroatoms. The van der Waals surface area contributed by atoms with Gasteiger partial charge >= 0.3 is 0 Å². The van der Waals surface area contributed by atoms with Gasteiger partial charge in [0.2, 0.25) is 0 Å². The minimum Gasteiger partial charge on any atom is -1.00 e. The van der Waals surface area contributed by atoms with E-state index in [-0.39, 0.29) is 12.4 Å². The molecule has 0 bridgehead atoms. The number of halogens is 3. The summed E-state index contributed by atoms with van der Waals surface area (Å²) in [7, 11) is 4.03. The summed E-state index contributed by atoms with van der Waals surface area (Å²) in [4.78, 5) is 11.5. The van der Waals surface area contributed by atoms with Crippen LogP contribution in [0.2, 0.25) is 10.0 Å². The second-order valence-electron chi connectivity index (χ2n) is 6.60. The second kappa shape index (κ2) is 8.87. The molecule has 1 N–H and O–H groups in total. The number of benzene rings is 3. The van der Waals surface area contributed by atoms with Gasteiger partial charge < -0.3 is 22.6 Å². The molecule has 0 aliphatic rings. The fourth-order valence-corrected chi connectivity index (χ4v) is 3.44. The lowest BCUT2D eigenvalue weighted by atomic mass is 10.1. The summed E-state index contributed by atoms with van der Waals surface area (Å²) in [5.74, 6) is 1.27. The van der Waals surface area contributed by atoms with Gasteiger partial charge in [0, 0.05) is 41.4 Å². The van der Waals surface area contributed by atoms with Crippen LogP contribution in [0.1, 0.15) is 0 Å². The summed E-state index contributed by atoms with van der Waals surface area (Å²) in [6, 6.07) is 21.4. The molecule has 0 amide bonds. The van der Waals surface area contributed by atoms with Gasteiger partial charge in [0.05, 0.1) is 10.5 Å². The van der Waals surface area contributed by atoms with E-state index >= 15 is 0 Å². The van der Waals surface area contributed by atoms with Crippen LogP contribution in [0.5, 0.6) is 0 Å². The monoisotopic (exact) mass is 443 g/mol. The first kappa shape index (κ1) is 21.2. The Kier molecular flexibility index (Phi) is 6.48. The summed E-state index contributed by atoms with van der Waals surface area (Å²) < 4.78 is 0. The van der Waals surface area contributed by atoms with Crippen molar-refractivity contribution in [1.29, 1.82) is 0 Å². The number of nitrogens with one attached hydrogen (secondary N) is 1. The molecule has 0 radical (unpaired) electrons. The molecule has 0 fully saturated rings. The highest BCUT2D eigenvalue weighted by Gasteiger charge is 2.12. The fraction of sp³-hybridized carbons (Fsp3) is 0.0909. The largest absolute Gasteiger partial charge is 1.00 e. The van der Waals surface area contributed by atoms with Crippen LogP contribution in [-0.2, 0) is 0 Å². The molecule has 29 heavy (non-hydrogen) atoms. The number of fused-ring (bicyclic) bond motifs is 1. The molecule has 0 saturated heterocycles. The minimum absolute atomic E-state index is 0. The summed E-state index contributed by atoms with van der Waals surface area (Å²) in [5, 5.41) is 5.45. The standard InChI is InChI=1S/C22H18Cl2N4.ClH/c1-28(2)16-10-8-15(9-11-16)25-22-18-5-3-4-6-20(18)26-21(27-22)17-12-7-14(23)13-19(17)24;/h3-13H,1-2H3,(H,25,26,27);1H/p-1. The zero-order chi connectivity index (χ0) is 19.7. The van der Waals surface area contributed by atoms with E-state index in [0.717, 1.165) is 33.7 Å². The molecule has 0 aliphatic heterocycles. The Bertz CT molecular complexity index is 1140. The van der Waals surface area contributed by atoms with Crippen LogP contribution in [-0.4, -0.2) is 24.1 Å². The highest BCUT2D eigenvalue weighted by Crippen LogP contribution is 2.32. The molecule has 148 valence electrons. The Morgan fingerprint density at radius 2 is 1.59 bits per heavy atom. The van der Waals surface area contributed by atoms with E-state index in [4.69, 9.17) is 33.2 Å². The number of hydrogen-bond acceptors (Lipinski definition) is 4. The molecule has 0 saturated carbocycles. The lowest BCUT2D eigenvalue weighted by Crippen LogP contribution is -3.00. The van der Waals surface area contributed by atoms with Crippen molar-refractivity contribution in [2.45, 2.75) is 0 Å². The predicted octanol–water partition coefficient (Wildman–Crippen LogP) is 3.42. The van der Waals surface area contributed by atoms with Crippen molar-refractivity contribution in [2.75, 3.05) is 24.3 Å². The van der Waals surface area contributed by atoms with Crippen LogP contribution in [0.4, 0.5) is 17.2 Å². The first-order valence-electron chi connectivity index (χ1n) is 8.78. The van der Waals surface area contributed by atoms with E-state index in [0.29, 0.717) is 15.9 Å². The number of hydrogen-bond donors (Lipinski definition) is 1. The van der Waals surface area contributed by atoms with Crippen LogP contribution in [0.15, 0.2) is 66.7 Å². The third-order valence-electron chi connectivity index (χ3n) is 4.42. The van der Waals surface area contributed by atoms with E-state index in [9.17, 15) is 0 Å². The molecule has 4 aromatic rings. The zero-order valence-corrected chi connectivity index (χ0v) is 18.1. The number of para-hydroxylation sites is 1. The summed E-state index contributed by atoms with van der Waals surface area (Å²) in [5.41, 5.74) is 3.66. The predicted molar refractivity (Wildman–Crippen MR) is 119 cm³/mol. The van der Waals surface area contributed by atoms with Crippen molar-refractivity contribution in [3.8, 4) is 11.4 Å². The molecule has 0 unspecified atom stereocenters. The van der Waals surface area contributed by atoms with E-state index in [1.54, 1.807) is 12.1 Å². The maximum atomic E-state index is 6.39. The van der Waals surface area contributed by atoms with Crippen molar-refractivity contribution in [3.63, 3.8) is 0 Å². The summed E-state index contributed by atoms with van der Waals surface area (Å²) >= 11 is 12.4. The van der Waals surface area contributed by atoms with Crippen LogP contribution in [0.3, 0.4) is 0 Å². The number of aromatic nitrogens is 2. The molecule has 0 aliphatic carbocycles. The van der Waals surface area contributed by atoms with Gasteiger partial charge in [-0.25, -0.2) is 9.97 Å². The maximum Gasteiger partial charge on any atom is 0.163 e. The average molecular weight is 445 g/mol. The van der Waals surface area contributed by atoms with Crippen molar-refractivity contribution < 1.29 is 12.4 Å². The molecule has 4 nitrogen and oxygen atoms in total. The number of nitrogens with zero attached hydrogens (tertiary/aromatic N) is 3. The molecular weight excluding hydrogens is 427 g/mol. The molecule has 1 heterocycles. The van der Waals surface area contributed by atoms with Crippen molar-refractivity contribution in [1.82, 2.24) is 9.97 Å². The average Bonchev–Trinajstić information content (AvgIpc) is 2.68. The van der Waals surface area contributed by atoms with Crippen LogP contribution in [0, 0.1) is 0 Å². The Labute approximate surface area is 185 Å². The maximum absolute atomic E-state index is 6.39. The highest BCUT2D eigenvalue weighted by molar-refractivity contribution is 6.36. The van der Waals surface area contributed by atoms with E-state index < -0.39 is 0 Å². The smallest absolute Gasteiger partial charge is 0.163 e. The van der Waals surface area contributed by atoms with Gasteiger partial charge in [-0.15, -0.1) is 0 Å². The van der Waals surface area contributed by atoms with Gasteiger partial charge in [-0.05, 0) is 54.6 Å². The third-order valence-corrected chi connectivity index (χ3v) is 4.97. The Morgan fingerprint density at radius 3 is 2.28 bits per heavy atom. The summed E-state index contributed by atoms with van der Waals surface area (Å²) in [6.07, 6.45) is 0. The highest BCUT2D eigenvalue weighted by atomic mass is 35.5. The fourth-order valence-electron chi connectivity index (χ4n) is 2.94. The molecule has 0 atom stereocenters. The first-order valence-corrected chi connectivity index (χ1v) is 9.53. The van der Waals surface area contributed by atoms with Crippen LogP contribution in [0.25, 0.3) is 22.3 Å². The van der Waals surface area contributed by atoms with Crippen molar-refractivity contribution >= 4 is 51.3 Å². The third kappa shape index (κ3) is 4.56. The van der Waals surface area contributed by atoms with Crippen molar-refractivity contribution in [2.24, 2.45) is 0 Å². The normalized spacial score (nSPS) is 10.5. The van der Waals surface area contributed by atoms with Gasteiger partial charge in [0.25, 0.3) is 0 Å². The zero-order valence-electron chi connectivity index (χ0n) is 15.8. The molecule has 4 rings (SSSR count). The Hall–Kier alpha value is -2.53. The van der Waals surface area contributed by atoms with Crippen LogP contribution < -0.4 is 22.6 Å². The molecule has 0 spiro atoms. The first-order chi connectivity index (χ1) is 13.5. The van der Waals surface area contributed by atoms with Gasteiger partial charge in [-0.3, -0.25) is 0 Å². The van der Waals surface area contributed by atoms with Crippen molar-refractivity contribution in [3.05, 3.63) is 76.8 Å². The van der Waals surface area contributed by atoms with E-state index in [1.807, 2.05) is 56.6 Å². The van der Waals surface area contributed by atoms with E-state index in [2.05, 4.69) is 22.3 Å². The lowest BCUT2D eigenvalue weighted by Gasteiger charge is -2.14. The van der Waals surface area contributed by atoms with Gasteiger partial charge in [-0.1, -0.05) is 35.3 Å². The van der Waals surface area contributed by atoms with Crippen LogP contribution >= 0.6 is 23.2 Å². The molecule has 1 aromatic heterocycles. The van der Waals surface area contributed by atoms with Gasteiger partial charge in [-0.2, -0.15) is 0 Å². The topological polar surface area (TPSA) is 41.0 Å². The summed E-state index contributed by atoms with van der Waals surface area (Å²) in [6.45, 7) is 0. The second-order valence-corrected chi connectivity index (χ2v) is 7.45. The molecule has 3 aromatic carbocycles. The SMILES string of the molecule is CN(C)c1ccc(Nc2nc(-c3ccc(Cl)cc3Cl)nc3ccccc23)cc1.[Cl-]. The lowest BCUT2D eigenvalue weighted by molar-refractivity contribution is -0.00000551. The van der Waals surface area contributed by atoms with E-state index in [1.165, 1.54) is 0 Å². The Balaban J connectivity index is 0.00000240. The molecular formula is C22H18Cl3N4-. The van der Waals surface area contributed by atoms with Gasteiger partial charge in [0.1, 0.15) is 5.82 Å². The minimum atomic E-state index is 0. The van der Waals surface area contributed by atoms with Gasteiger partial charge in [0.15, 0.2) is 5.82 Å². The Morgan fingerprint density at radius 1 is 0.862 bits per heavy atom. The quantitative estimate of drug-likeness (QED) is 0.524. The number of rotatable bonds is 4.